The van der Waals surface area contributed by atoms with Crippen molar-refractivity contribution < 1.29 is 33.7 Å². The van der Waals surface area contributed by atoms with Crippen molar-refractivity contribution in [1.82, 2.24) is 0 Å². The van der Waals surface area contributed by atoms with Crippen LogP contribution in [0.5, 0.6) is 0 Å². The minimum absolute atomic E-state index is 0.0173. The SMILES string of the molecule is Cc1ccc(S(=O)(=O)S(=O)(=O)c2ccc(C)c(-c3cc(S(=O)(=O)S(=O)(=O)c4ccc(Cl)cc4)ccc3Cl)c2)cc1. The lowest BCUT2D eigenvalue weighted by atomic mass is 10.0. The monoisotopic (exact) mass is 658 g/mol. The first-order valence-electron chi connectivity index (χ1n) is 11.2. The van der Waals surface area contributed by atoms with E-state index in [1.165, 1.54) is 42.5 Å². The van der Waals surface area contributed by atoms with Gasteiger partial charge < -0.3 is 0 Å². The van der Waals surface area contributed by atoms with Crippen molar-refractivity contribution in [3.63, 3.8) is 0 Å². The topological polar surface area (TPSA) is 137 Å². The van der Waals surface area contributed by atoms with Gasteiger partial charge in [-0.3, -0.25) is 0 Å². The summed E-state index contributed by atoms with van der Waals surface area (Å²) in [5.74, 6) is 0. The molecule has 0 aliphatic rings. The first-order valence-corrected chi connectivity index (χ1v) is 19.0. The Morgan fingerprint density at radius 1 is 0.450 bits per heavy atom. The molecule has 0 atom stereocenters. The van der Waals surface area contributed by atoms with Crippen molar-refractivity contribution in [2.75, 3.05) is 0 Å². The van der Waals surface area contributed by atoms with E-state index >= 15 is 0 Å². The van der Waals surface area contributed by atoms with E-state index in [4.69, 9.17) is 23.2 Å². The fourth-order valence-corrected chi connectivity index (χ4v) is 11.3. The maximum Gasteiger partial charge on any atom is 0.286 e. The molecule has 0 radical (unpaired) electrons. The van der Waals surface area contributed by atoms with Crippen LogP contribution in [0.2, 0.25) is 10.0 Å². The van der Waals surface area contributed by atoms with Crippen LogP contribution in [-0.2, 0) is 35.5 Å². The molecule has 0 saturated heterocycles. The number of aryl methyl sites for hydroxylation is 2. The van der Waals surface area contributed by atoms with Gasteiger partial charge >= 0.3 is 0 Å². The molecule has 0 aliphatic heterocycles. The second kappa shape index (κ2) is 10.6. The van der Waals surface area contributed by atoms with Gasteiger partial charge in [-0.05, 0) is 91.7 Å². The molecule has 0 amide bonds. The summed E-state index contributed by atoms with van der Waals surface area (Å²) in [6.45, 7) is 3.29. The summed E-state index contributed by atoms with van der Waals surface area (Å²) in [6.07, 6.45) is 0. The largest absolute Gasteiger partial charge is 0.286 e. The van der Waals surface area contributed by atoms with Crippen LogP contribution in [0.3, 0.4) is 0 Å². The van der Waals surface area contributed by atoms with Gasteiger partial charge in [-0.15, -0.1) is 0 Å². The Morgan fingerprint density at radius 2 is 0.825 bits per heavy atom. The molecule has 0 aromatic heterocycles. The zero-order chi connectivity index (χ0) is 29.7. The number of benzene rings is 4. The van der Waals surface area contributed by atoms with Crippen LogP contribution in [0.15, 0.2) is 105 Å². The van der Waals surface area contributed by atoms with Crippen LogP contribution in [0.25, 0.3) is 11.1 Å². The first-order chi connectivity index (χ1) is 18.5. The fraction of sp³-hybridized carbons (Fsp3) is 0.0769. The summed E-state index contributed by atoms with van der Waals surface area (Å²) >= 11 is 12.1. The van der Waals surface area contributed by atoms with Crippen LogP contribution in [0, 0.1) is 13.8 Å². The lowest BCUT2D eigenvalue weighted by Crippen LogP contribution is -2.17. The molecular formula is C26H20Cl2O8S4. The van der Waals surface area contributed by atoms with E-state index in [-0.39, 0.29) is 21.2 Å². The third kappa shape index (κ3) is 5.19. The molecule has 0 fully saturated rings. The standard InChI is InChI=1S/C26H20Cl2O8S4/c1-17-3-8-20(9-4-17)37(29,30)39(33,34)22-10-5-18(2)24(15-22)25-16-23(13-14-26(25)28)40(35,36)38(31,32)21-11-6-19(27)7-12-21/h3-16H,1-2H3. The maximum atomic E-state index is 13.3. The van der Waals surface area contributed by atoms with Crippen LogP contribution in [0.1, 0.15) is 11.1 Å². The average Bonchev–Trinajstić information content (AvgIpc) is 2.89. The van der Waals surface area contributed by atoms with Gasteiger partial charge in [0.15, 0.2) is 0 Å². The Morgan fingerprint density at radius 3 is 1.32 bits per heavy atom. The van der Waals surface area contributed by atoms with Crippen LogP contribution in [0.4, 0.5) is 0 Å². The lowest BCUT2D eigenvalue weighted by molar-refractivity contribution is 0.582. The zero-order valence-corrected chi connectivity index (χ0v) is 25.5. The molecular weight excluding hydrogens is 639 g/mol. The first kappa shape index (κ1) is 30.2. The number of halogens is 2. The molecule has 4 aromatic rings. The second-order valence-corrected chi connectivity index (χ2v) is 20.3. The Bertz CT molecular complexity index is 1920. The summed E-state index contributed by atoms with van der Waals surface area (Å²) in [6, 6.07) is 16.5. The summed E-state index contributed by atoms with van der Waals surface area (Å²) in [5.41, 5.74) is 1.22. The fourth-order valence-electron chi connectivity index (χ4n) is 3.73. The molecule has 0 N–H and O–H groups in total. The molecule has 8 nitrogen and oxygen atoms in total. The molecule has 210 valence electrons. The number of rotatable bonds is 7. The number of hydrogen-bond donors (Lipinski definition) is 0. The third-order valence-corrected chi connectivity index (χ3v) is 16.9. The summed E-state index contributed by atoms with van der Waals surface area (Å²) in [4.78, 5) is -2.12. The van der Waals surface area contributed by atoms with Crippen molar-refractivity contribution in [1.29, 1.82) is 0 Å². The highest BCUT2D eigenvalue weighted by Gasteiger charge is 2.36. The van der Waals surface area contributed by atoms with Gasteiger partial charge in [-0.25, -0.2) is 33.7 Å². The lowest BCUT2D eigenvalue weighted by Gasteiger charge is -2.14. The summed E-state index contributed by atoms with van der Waals surface area (Å²) in [5, 5.41) is 0.182. The second-order valence-electron chi connectivity index (χ2n) is 8.70. The van der Waals surface area contributed by atoms with Crippen molar-refractivity contribution in [3.8, 4) is 11.1 Å². The smallest absolute Gasteiger partial charge is 0.207 e. The highest BCUT2D eigenvalue weighted by atomic mass is 35.5. The van der Waals surface area contributed by atoms with E-state index in [0.717, 1.165) is 48.0 Å². The molecule has 40 heavy (non-hydrogen) atoms. The van der Waals surface area contributed by atoms with Gasteiger partial charge in [0.2, 0.25) is 0 Å². The van der Waals surface area contributed by atoms with Gasteiger partial charge in [0.05, 0.1) is 19.6 Å². The van der Waals surface area contributed by atoms with Crippen molar-refractivity contribution >= 4 is 58.7 Å². The quantitative estimate of drug-likeness (QED) is 0.234. The van der Waals surface area contributed by atoms with E-state index in [9.17, 15) is 33.7 Å². The molecule has 0 heterocycles. The predicted molar refractivity (Wildman–Crippen MR) is 153 cm³/mol. The van der Waals surface area contributed by atoms with E-state index in [1.54, 1.807) is 13.8 Å². The normalized spacial score (nSPS) is 12.8. The minimum atomic E-state index is -5.01. The van der Waals surface area contributed by atoms with E-state index in [1.807, 2.05) is 0 Å². The number of hydrogen-bond acceptors (Lipinski definition) is 8. The molecule has 0 saturated carbocycles. The zero-order valence-electron chi connectivity index (χ0n) is 20.7. The van der Waals surface area contributed by atoms with E-state index in [2.05, 4.69) is 0 Å². The van der Waals surface area contributed by atoms with Gasteiger partial charge in [-0.2, -0.15) is 0 Å². The van der Waals surface area contributed by atoms with Gasteiger partial charge in [0, 0.05) is 15.6 Å². The van der Waals surface area contributed by atoms with Crippen LogP contribution in [-0.4, -0.2) is 33.7 Å². The average molecular weight is 660 g/mol. The van der Waals surface area contributed by atoms with Crippen molar-refractivity contribution in [3.05, 3.63) is 106 Å². The van der Waals surface area contributed by atoms with Crippen molar-refractivity contribution in [2.24, 2.45) is 0 Å². The summed E-state index contributed by atoms with van der Waals surface area (Å²) < 4.78 is 105. The van der Waals surface area contributed by atoms with Crippen molar-refractivity contribution in [2.45, 2.75) is 33.4 Å². The molecule has 0 bridgehead atoms. The highest BCUT2D eigenvalue weighted by molar-refractivity contribution is 8.67. The van der Waals surface area contributed by atoms with Gasteiger partial charge in [0.25, 0.3) is 35.5 Å². The van der Waals surface area contributed by atoms with Crippen LogP contribution < -0.4 is 0 Å². The molecule has 4 rings (SSSR count). The van der Waals surface area contributed by atoms with Crippen LogP contribution >= 0.6 is 23.2 Å². The van der Waals surface area contributed by atoms with E-state index in [0.29, 0.717) is 5.56 Å². The Kier molecular flexibility index (Phi) is 8.00. The molecule has 14 heteroatoms. The molecule has 0 spiro atoms. The Balaban J connectivity index is 1.86. The third-order valence-electron chi connectivity index (χ3n) is 6.00. The Hall–Kier alpha value is -2.74. The molecule has 4 aromatic carbocycles. The maximum absolute atomic E-state index is 13.3. The molecule has 0 aliphatic carbocycles. The Labute approximate surface area is 241 Å². The molecule has 0 unspecified atom stereocenters. The van der Waals surface area contributed by atoms with Gasteiger partial charge in [-0.1, -0.05) is 47.0 Å². The predicted octanol–water partition coefficient (Wildman–Crippen LogP) is 5.60. The van der Waals surface area contributed by atoms with E-state index < -0.39 is 55.1 Å². The minimum Gasteiger partial charge on any atom is -0.207 e. The van der Waals surface area contributed by atoms with Gasteiger partial charge in [0.1, 0.15) is 0 Å². The highest BCUT2D eigenvalue weighted by Crippen LogP contribution is 2.37. The summed E-state index contributed by atoms with van der Waals surface area (Å²) in [7, 11) is -19.8.